The van der Waals surface area contributed by atoms with Gasteiger partial charge >= 0.3 is 0 Å². The number of amides is 5. The summed E-state index contributed by atoms with van der Waals surface area (Å²) in [7, 11) is 0. The molecule has 0 radical (unpaired) electrons. The molecule has 14 heteroatoms. The Labute approximate surface area is 380 Å². The van der Waals surface area contributed by atoms with Crippen LogP contribution in [0, 0.1) is 13.8 Å². The number of hydrogen-bond donors (Lipinski definition) is 4. The number of aromatic nitrogens is 3. The van der Waals surface area contributed by atoms with Crippen LogP contribution in [0.4, 0.5) is 17.2 Å². The number of hydrogen-bond acceptors (Lipinski definition) is 10. The molecular weight excluding hydrogens is 821 g/mol. The normalized spacial score (nSPS) is 16.6. The molecule has 65 heavy (non-hydrogen) atoms. The first-order valence-corrected chi connectivity index (χ1v) is 23.8. The highest BCUT2D eigenvalue weighted by Crippen LogP contribution is 2.34. The van der Waals surface area contributed by atoms with Crippen molar-refractivity contribution in [1.82, 2.24) is 24.8 Å². The van der Waals surface area contributed by atoms with Crippen LogP contribution in [0.3, 0.4) is 0 Å². The molecule has 3 aliphatic rings. The molecule has 5 amide bonds. The van der Waals surface area contributed by atoms with Crippen molar-refractivity contribution in [3.8, 4) is 11.1 Å². The predicted octanol–water partition coefficient (Wildman–Crippen LogP) is 9.49. The highest BCUT2D eigenvalue weighted by Gasteiger charge is 2.45. The van der Waals surface area contributed by atoms with Crippen molar-refractivity contribution in [3.63, 3.8) is 0 Å². The molecule has 0 bridgehead atoms. The van der Waals surface area contributed by atoms with Gasteiger partial charge in [-0.15, -0.1) is 0 Å². The number of imidazole rings is 1. The van der Waals surface area contributed by atoms with Gasteiger partial charge in [0.05, 0.1) is 22.5 Å². The van der Waals surface area contributed by atoms with E-state index in [0.717, 1.165) is 121 Å². The summed E-state index contributed by atoms with van der Waals surface area (Å²) in [6.07, 6.45) is 20.2. The quantitative estimate of drug-likeness (QED) is 0.0410. The third-order valence-corrected chi connectivity index (χ3v) is 13.2. The largest absolute Gasteiger partial charge is 0.384 e. The third-order valence-electron chi connectivity index (χ3n) is 13.2. The van der Waals surface area contributed by atoms with Crippen molar-refractivity contribution in [1.29, 1.82) is 0 Å². The number of piperidine rings is 1. The lowest BCUT2D eigenvalue weighted by Crippen LogP contribution is -2.54. The van der Waals surface area contributed by atoms with E-state index in [2.05, 4.69) is 61.3 Å². The van der Waals surface area contributed by atoms with Crippen molar-refractivity contribution < 1.29 is 28.5 Å². The minimum absolute atomic E-state index is 0.0495. The standard InChI is InChI=1S/C51H62N8O6/c1-33-46(34(2)65-57-33)36-29-31-58-43(32-36)55-41(48(58)54-37-16-11-10-12-17-37)26-23-35-21-24-38(25-22-35)53-44(60)20-13-8-6-4-3-5-7-9-14-30-52-40-19-15-18-39-47(40)51(64)59(50(39)63)42-27-28-45(61)56-49(42)62/h15,18-19,21-22,24-25,29,31-32,37,42,52,54H,3-14,16-17,20,23,26-28,30H2,1-2H3,(H,53,60)(H,56,61,62). The van der Waals surface area contributed by atoms with E-state index in [1.807, 2.05) is 26.0 Å². The van der Waals surface area contributed by atoms with E-state index in [9.17, 15) is 24.0 Å². The molecule has 1 unspecified atom stereocenters. The number of benzene rings is 2. The number of carbonyl (C=O) groups excluding carboxylic acids is 5. The Hall–Kier alpha value is -6.31. The molecule has 342 valence electrons. The van der Waals surface area contributed by atoms with Gasteiger partial charge in [-0.2, -0.15) is 0 Å². The van der Waals surface area contributed by atoms with E-state index in [1.54, 1.807) is 18.2 Å². The van der Waals surface area contributed by atoms with Crippen LogP contribution in [0.5, 0.6) is 0 Å². The summed E-state index contributed by atoms with van der Waals surface area (Å²) in [4.78, 5) is 69.3. The molecule has 8 rings (SSSR count). The number of fused-ring (bicyclic) bond motifs is 2. The van der Waals surface area contributed by atoms with Gasteiger partial charge in [-0.05, 0) is 106 Å². The zero-order valence-electron chi connectivity index (χ0n) is 37.8. The second-order valence-electron chi connectivity index (χ2n) is 18.0. The second kappa shape index (κ2) is 21.1. The minimum Gasteiger partial charge on any atom is -0.384 e. The van der Waals surface area contributed by atoms with E-state index in [1.165, 1.54) is 37.7 Å². The summed E-state index contributed by atoms with van der Waals surface area (Å²) in [5.74, 6) is -0.0606. The molecule has 3 aromatic heterocycles. The fourth-order valence-electron chi connectivity index (χ4n) is 9.69. The van der Waals surface area contributed by atoms with Crippen LogP contribution in [-0.4, -0.2) is 67.6 Å². The molecule has 2 aliphatic heterocycles. The maximum Gasteiger partial charge on any atom is 0.264 e. The lowest BCUT2D eigenvalue weighted by Gasteiger charge is -2.27. The van der Waals surface area contributed by atoms with Gasteiger partial charge in [0.15, 0.2) is 0 Å². The molecular formula is C51H62N8O6. The number of anilines is 3. The molecule has 0 spiro atoms. The van der Waals surface area contributed by atoms with Crippen molar-refractivity contribution in [2.45, 2.75) is 148 Å². The van der Waals surface area contributed by atoms with Gasteiger partial charge in [-0.3, -0.25) is 38.6 Å². The Balaban J connectivity index is 0.705. The number of nitrogens with one attached hydrogen (secondary N) is 4. The number of nitrogens with zero attached hydrogens (tertiary/aromatic N) is 4. The van der Waals surface area contributed by atoms with E-state index in [0.29, 0.717) is 30.3 Å². The van der Waals surface area contributed by atoms with Crippen molar-refractivity contribution >= 4 is 52.4 Å². The van der Waals surface area contributed by atoms with Crippen LogP contribution >= 0.6 is 0 Å². The number of rotatable bonds is 21. The van der Waals surface area contributed by atoms with Crippen molar-refractivity contribution in [2.75, 3.05) is 22.5 Å². The fourth-order valence-corrected chi connectivity index (χ4v) is 9.69. The van der Waals surface area contributed by atoms with Crippen LogP contribution in [0.2, 0.25) is 0 Å². The Morgan fingerprint density at radius 1 is 0.815 bits per heavy atom. The molecule has 1 saturated heterocycles. The maximum absolute atomic E-state index is 13.3. The summed E-state index contributed by atoms with van der Waals surface area (Å²) in [5.41, 5.74) is 8.11. The highest BCUT2D eigenvalue weighted by atomic mass is 16.5. The topological polar surface area (TPSA) is 180 Å². The monoisotopic (exact) mass is 882 g/mol. The Bertz CT molecular complexity index is 2500. The first-order valence-electron chi connectivity index (χ1n) is 23.8. The third kappa shape index (κ3) is 10.8. The van der Waals surface area contributed by atoms with Gasteiger partial charge in [0.2, 0.25) is 17.7 Å². The van der Waals surface area contributed by atoms with Crippen LogP contribution in [0.1, 0.15) is 153 Å². The molecule has 4 N–H and O–H groups in total. The summed E-state index contributed by atoms with van der Waals surface area (Å²) in [6.45, 7) is 4.58. The summed E-state index contributed by atoms with van der Waals surface area (Å²) >= 11 is 0. The Morgan fingerprint density at radius 3 is 2.28 bits per heavy atom. The van der Waals surface area contributed by atoms with Gasteiger partial charge in [0.25, 0.3) is 11.8 Å². The fraction of sp³-hybridized carbons (Fsp3) is 0.471. The Morgan fingerprint density at radius 2 is 1.55 bits per heavy atom. The summed E-state index contributed by atoms with van der Waals surface area (Å²) < 4.78 is 7.64. The van der Waals surface area contributed by atoms with Crippen molar-refractivity contribution in [3.05, 3.63) is 94.6 Å². The highest BCUT2D eigenvalue weighted by molar-refractivity contribution is 6.25. The lowest BCUT2D eigenvalue weighted by atomic mass is 9.95. The average molecular weight is 883 g/mol. The molecule has 1 aliphatic carbocycles. The molecule has 1 saturated carbocycles. The first-order chi connectivity index (χ1) is 31.6. The molecule has 2 fully saturated rings. The predicted molar refractivity (Wildman–Crippen MR) is 251 cm³/mol. The molecule has 1 atom stereocenters. The maximum atomic E-state index is 13.3. The smallest absolute Gasteiger partial charge is 0.264 e. The van der Waals surface area contributed by atoms with Crippen molar-refractivity contribution in [2.24, 2.45) is 0 Å². The molecule has 5 heterocycles. The van der Waals surface area contributed by atoms with Crippen LogP contribution in [0.25, 0.3) is 16.8 Å². The average Bonchev–Trinajstić information content (AvgIpc) is 3.92. The van der Waals surface area contributed by atoms with Gasteiger partial charge < -0.3 is 20.5 Å². The van der Waals surface area contributed by atoms with Crippen LogP contribution < -0.4 is 21.3 Å². The van der Waals surface area contributed by atoms with Crippen LogP contribution in [0.15, 0.2) is 65.3 Å². The summed E-state index contributed by atoms with van der Waals surface area (Å²) in [6, 6.07) is 17.1. The zero-order chi connectivity index (χ0) is 45.3. The van der Waals surface area contributed by atoms with E-state index in [4.69, 9.17) is 9.51 Å². The van der Waals surface area contributed by atoms with Gasteiger partial charge in [-0.1, -0.05) is 87.6 Å². The van der Waals surface area contributed by atoms with E-state index in [-0.39, 0.29) is 24.3 Å². The minimum atomic E-state index is -0.976. The lowest BCUT2D eigenvalue weighted by molar-refractivity contribution is -0.136. The second-order valence-corrected chi connectivity index (χ2v) is 18.0. The first kappa shape index (κ1) is 45.3. The summed E-state index contributed by atoms with van der Waals surface area (Å²) in [5, 5.41) is 16.7. The number of imide groups is 2. The molecule has 14 nitrogen and oxygen atoms in total. The van der Waals surface area contributed by atoms with Crippen LogP contribution in [-0.2, 0) is 27.2 Å². The number of aryl methyl sites for hydroxylation is 4. The van der Waals surface area contributed by atoms with E-state index < -0.39 is 29.7 Å². The molecule has 2 aromatic carbocycles. The number of pyridine rings is 1. The number of carbonyl (C=O) groups is 5. The van der Waals surface area contributed by atoms with Gasteiger partial charge in [-0.25, -0.2) is 4.98 Å². The Kier molecular flexibility index (Phi) is 14.7. The zero-order valence-corrected chi connectivity index (χ0v) is 37.8. The number of unbranched alkanes of at least 4 members (excludes halogenated alkanes) is 8. The van der Waals surface area contributed by atoms with E-state index >= 15 is 0 Å². The SMILES string of the molecule is Cc1noc(C)c1-c1ccn2c(NC3CCCCC3)c(CCc3ccc(NC(=O)CCCCCCCCCCCNc4cccc5c4C(=O)N(C4CCC(=O)NC4=O)C5=O)cc3)nc2c1. The molecule has 5 aromatic rings. The van der Waals surface area contributed by atoms with Gasteiger partial charge in [0.1, 0.15) is 23.3 Å². The van der Waals surface area contributed by atoms with Gasteiger partial charge in [0, 0.05) is 48.6 Å².